The Labute approximate surface area is 118 Å². The first-order valence-corrected chi connectivity index (χ1v) is 6.34. The number of ether oxygens (including phenoxy) is 2. The van der Waals surface area contributed by atoms with Gasteiger partial charge in [0, 0.05) is 6.54 Å². The van der Waals surface area contributed by atoms with Crippen molar-refractivity contribution in [3.63, 3.8) is 0 Å². The Hall–Kier alpha value is -2.30. The highest BCUT2D eigenvalue weighted by atomic mass is 16.5. The molecule has 0 spiro atoms. The molecule has 1 aromatic carbocycles. The molecule has 1 N–H and O–H groups in total. The largest absolute Gasteiger partial charge is 0.493 e. The zero-order valence-corrected chi connectivity index (χ0v) is 11.6. The predicted octanol–water partition coefficient (Wildman–Crippen LogP) is 1.61. The van der Waals surface area contributed by atoms with Crippen molar-refractivity contribution in [2.45, 2.75) is 13.3 Å². The molecular weight excluding hydrogens is 258 g/mol. The molecule has 0 radical (unpaired) electrons. The van der Waals surface area contributed by atoms with Crippen LogP contribution in [0, 0.1) is 6.92 Å². The number of carbonyl (C=O) groups is 2. The predicted molar refractivity (Wildman–Crippen MR) is 75.5 cm³/mol. The van der Waals surface area contributed by atoms with Crippen LogP contribution in [-0.4, -0.2) is 31.6 Å². The van der Waals surface area contributed by atoms with Gasteiger partial charge in [0.1, 0.15) is 5.75 Å². The average molecular weight is 277 g/mol. The number of esters is 1. The van der Waals surface area contributed by atoms with Gasteiger partial charge in [0.25, 0.3) is 5.91 Å². The first-order valence-electron chi connectivity index (χ1n) is 6.34. The molecule has 0 aliphatic carbocycles. The Kier molecular flexibility index (Phi) is 6.89. The molecule has 0 saturated carbocycles. The van der Waals surface area contributed by atoms with Gasteiger partial charge in [-0.05, 0) is 19.1 Å². The summed E-state index contributed by atoms with van der Waals surface area (Å²) in [5.74, 6) is -0.115. The van der Waals surface area contributed by atoms with Crippen LogP contribution in [0.15, 0.2) is 36.9 Å². The Balaban J connectivity index is 2.15. The summed E-state index contributed by atoms with van der Waals surface area (Å²) in [7, 11) is 0. The van der Waals surface area contributed by atoms with Gasteiger partial charge < -0.3 is 14.8 Å². The van der Waals surface area contributed by atoms with Crippen LogP contribution < -0.4 is 10.1 Å². The monoisotopic (exact) mass is 277 g/mol. The highest BCUT2D eigenvalue weighted by Gasteiger charge is 2.07. The van der Waals surface area contributed by atoms with Crippen molar-refractivity contribution >= 4 is 11.9 Å². The van der Waals surface area contributed by atoms with Gasteiger partial charge in [0.05, 0.1) is 13.0 Å². The van der Waals surface area contributed by atoms with Crippen molar-refractivity contribution < 1.29 is 19.1 Å². The molecule has 0 aliphatic rings. The van der Waals surface area contributed by atoms with Crippen molar-refractivity contribution in [1.82, 2.24) is 5.32 Å². The average Bonchev–Trinajstić information content (AvgIpc) is 2.45. The van der Waals surface area contributed by atoms with E-state index in [1.165, 1.54) is 0 Å². The summed E-state index contributed by atoms with van der Waals surface area (Å²) in [6.07, 6.45) is 1.65. The van der Waals surface area contributed by atoms with Crippen molar-refractivity contribution in [2.24, 2.45) is 0 Å². The molecule has 5 nitrogen and oxygen atoms in total. The fourth-order valence-electron chi connectivity index (χ4n) is 1.34. The Morgan fingerprint density at radius 2 is 2.00 bits per heavy atom. The van der Waals surface area contributed by atoms with Gasteiger partial charge in [-0.2, -0.15) is 0 Å². The second kappa shape index (κ2) is 8.74. The van der Waals surface area contributed by atoms with E-state index in [0.717, 1.165) is 5.56 Å². The molecule has 1 amide bonds. The van der Waals surface area contributed by atoms with E-state index >= 15 is 0 Å². The molecule has 0 bridgehead atoms. The van der Waals surface area contributed by atoms with E-state index in [9.17, 15) is 9.59 Å². The van der Waals surface area contributed by atoms with Gasteiger partial charge >= 0.3 is 5.97 Å². The van der Waals surface area contributed by atoms with Crippen LogP contribution >= 0.6 is 0 Å². The molecule has 1 rings (SSSR count). The van der Waals surface area contributed by atoms with Gasteiger partial charge in [0.15, 0.2) is 6.61 Å². The van der Waals surface area contributed by atoms with Crippen LogP contribution in [0.4, 0.5) is 0 Å². The highest BCUT2D eigenvalue weighted by molar-refractivity contribution is 5.80. The lowest BCUT2D eigenvalue weighted by atomic mass is 10.2. The van der Waals surface area contributed by atoms with Gasteiger partial charge in [0.2, 0.25) is 0 Å². The lowest BCUT2D eigenvalue weighted by Gasteiger charge is -2.07. The van der Waals surface area contributed by atoms with E-state index in [0.29, 0.717) is 12.3 Å². The summed E-state index contributed by atoms with van der Waals surface area (Å²) < 4.78 is 10.2. The van der Waals surface area contributed by atoms with Gasteiger partial charge in [-0.3, -0.25) is 9.59 Å². The molecule has 0 atom stereocenters. The molecule has 5 heteroatoms. The molecule has 0 heterocycles. The number of hydrogen-bond acceptors (Lipinski definition) is 4. The molecule has 108 valence electrons. The van der Waals surface area contributed by atoms with Crippen LogP contribution in [0.5, 0.6) is 5.75 Å². The maximum Gasteiger partial charge on any atom is 0.309 e. The summed E-state index contributed by atoms with van der Waals surface area (Å²) in [6.45, 7) is 5.74. The lowest BCUT2D eigenvalue weighted by molar-refractivity contribution is -0.148. The molecule has 0 unspecified atom stereocenters. The van der Waals surface area contributed by atoms with E-state index in [1.807, 2.05) is 31.2 Å². The van der Waals surface area contributed by atoms with Crippen LogP contribution in [0.2, 0.25) is 0 Å². The fraction of sp³-hybridized carbons (Fsp3) is 0.333. The third kappa shape index (κ3) is 6.58. The van der Waals surface area contributed by atoms with E-state index in [2.05, 4.69) is 11.9 Å². The summed E-state index contributed by atoms with van der Waals surface area (Å²) in [5, 5.41) is 2.51. The second-order valence-corrected chi connectivity index (χ2v) is 4.16. The molecule has 20 heavy (non-hydrogen) atoms. The van der Waals surface area contributed by atoms with Crippen LogP contribution in [-0.2, 0) is 14.3 Å². The van der Waals surface area contributed by atoms with Gasteiger partial charge in [-0.1, -0.05) is 23.8 Å². The first-order chi connectivity index (χ1) is 9.61. The van der Waals surface area contributed by atoms with Crippen LogP contribution in [0.25, 0.3) is 0 Å². The van der Waals surface area contributed by atoms with Gasteiger partial charge in [-0.15, -0.1) is 6.58 Å². The Morgan fingerprint density at radius 3 is 2.65 bits per heavy atom. The van der Waals surface area contributed by atoms with E-state index < -0.39 is 5.97 Å². The molecule has 0 saturated heterocycles. The standard InChI is InChI=1S/C15H19NO4/c1-3-9-16-14(17)11-20-15(18)8-10-19-13-6-4-12(2)5-7-13/h3-7H,1,8-11H2,2H3,(H,16,17). The normalized spacial score (nSPS) is 9.65. The summed E-state index contributed by atoms with van der Waals surface area (Å²) in [5.41, 5.74) is 1.14. The molecule has 0 fully saturated rings. The third-order valence-corrected chi connectivity index (χ3v) is 2.40. The summed E-state index contributed by atoms with van der Waals surface area (Å²) in [6, 6.07) is 7.53. The number of amides is 1. The van der Waals surface area contributed by atoms with E-state index in [1.54, 1.807) is 6.08 Å². The van der Waals surface area contributed by atoms with Crippen molar-refractivity contribution in [2.75, 3.05) is 19.8 Å². The molecule has 0 aliphatic heterocycles. The maximum atomic E-state index is 11.4. The Morgan fingerprint density at radius 1 is 1.30 bits per heavy atom. The molecule has 0 aromatic heterocycles. The number of rotatable bonds is 8. The topological polar surface area (TPSA) is 64.6 Å². The number of hydrogen-bond donors (Lipinski definition) is 1. The number of aryl methyl sites for hydroxylation is 1. The maximum absolute atomic E-state index is 11.4. The SMILES string of the molecule is C=CCNC(=O)COC(=O)CCOc1ccc(C)cc1. The highest BCUT2D eigenvalue weighted by Crippen LogP contribution is 2.11. The number of benzene rings is 1. The molecular formula is C15H19NO4. The van der Waals surface area contributed by atoms with E-state index in [-0.39, 0.29) is 25.5 Å². The lowest BCUT2D eigenvalue weighted by Crippen LogP contribution is -2.29. The second-order valence-electron chi connectivity index (χ2n) is 4.16. The first kappa shape index (κ1) is 15.8. The zero-order chi connectivity index (χ0) is 14.8. The summed E-state index contributed by atoms with van der Waals surface area (Å²) in [4.78, 5) is 22.5. The number of carbonyl (C=O) groups excluding carboxylic acids is 2. The fourth-order valence-corrected chi connectivity index (χ4v) is 1.34. The van der Waals surface area contributed by atoms with E-state index in [4.69, 9.17) is 9.47 Å². The van der Waals surface area contributed by atoms with Crippen LogP contribution in [0.1, 0.15) is 12.0 Å². The minimum atomic E-state index is -0.467. The quantitative estimate of drug-likeness (QED) is 0.579. The minimum absolute atomic E-state index is 0.0998. The van der Waals surface area contributed by atoms with Gasteiger partial charge in [-0.25, -0.2) is 0 Å². The van der Waals surface area contributed by atoms with Crippen molar-refractivity contribution in [3.05, 3.63) is 42.5 Å². The van der Waals surface area contributed by atoms with Crippen LogP contribution in [0.3, 0.4) is 0 Å². The zero-order valence-electron chi connectivity index (χ0n) is 11.6. The summed E-state index contributed by atoms with van der Waals surface area (Å²) >= 11 is 0. The molecule has 1 aromatic rings. The Bertz CT molecular complexity index is 453. The van der Waals surface area contributed by atoms with Crippen molar-refractivity contribution in [3.8, 4) is 5.75 Å². The minimum Gasteiger partial charge on any atom is -0.493 e. The number of nitrogens with one attached hydrogen (secondary N) is 1. The third-order valence-electron chi connectivity index (χ3n) is 2.40. The van der Waals surface area contributed by atoms with Crippen molar-refractivity contribution in [1.29, 1.82) is 0 Å². The smallest absolute Gasteiger partial charge is 0.309 e.